The van der Waals surface area contributed by atoms with Crippen molar-refractivity contribution in [2.45, 2.75) is 32.7 Å². The Bertz CT molecular complexity index is 528. The van der Waals surface area contributed by atoms with Crippen LogP contribution in [0.15, 0.2) is 18.2 Å². The number of nitrogens with zero attached hydrogens (tertiary/aromatic N) is 2. The van der Waals surface area contributed by atoms with Gasteiger partial charge in [-0.3, -0.25) is 0 Å². The molecule has 16 heavy (non-hydrogen) atoms. The van der Waals surface area contributed by atoms with Crippen molar-refractivity contribution in [1.82, 2.24) is 9.55 Å². The van der Waals surface area contributed by atoms with Crippen LogP contribution >= 0.6 is 0 Å². The average Bonchev–Trinajstić information content (AvgIpc) is 2.57. The van der Waals surface area contributed by atoms with E-state index in [1.807, 2.05) is 10.6 Å². The highest BCUT2D eigenvalue weighted by atomic mass is 19.1. The number of anilines is 1. The van der Waals surface area contributed by atoms with Crippen LogP contribution in [0.5, 0.6) is 0 Å². The van der Waals surface area contributed by atoms with E-state index in [4.69, 9.17) is 5.73 Å². The minimum atomic E-state index is -0.324. The molecule has 0 bridgehead atoms. The number of nitrogens with two attached hydrogens (primary N) is 1. The Morgan fingerprint density at radius 3 is 2.75 bits per heavy atom. The van der Waals surface area contributed by atoms with Gasteiger partial charge < -0.3 is 10.3 Å². The molecule has 1 heterocycles. The summed E-state index contributed by atoms with van der Waals surface area (Å²) in [5, 5.41) is 0. The molecule has 0 aliphatic heterocycles. The van der Waals surface area contributed by atoms with Gasteiger partial charge >= 0.3 is 0 Å². The molecule has 0 amide bonds. The van der Waals surface area contributed by atoms with Gasteiger partial charge in [0.1, 0.15) is 5.52 Å². The fourth-order valence-corrected chi connectivity index (χ4v) is 1.88. The molecule has 0 spiro atoms. The molecule has 3 nitrogen and oxygen atoms in total. The molecular formula is C12H16FN3. The highest BCUT2D eigenvalue weighted by Crippen LogP contribution is 2.29. The first-order chi connectivity index (χ1) is 7.47. The van der Waals surface area contributed by atoms with Gasteiger partial charge in [0.2, 0.25) is 5.95 Å². The molecule has 0 saturated carbocycles. The van der Waals surface area contributed by atoms with Crippen molar-refractivity contribution in [2.24, 2.45) is 0 Å². The van der Waals surface area contributed by atoms with Gasteiger partial charge in [-0.2, -0.15) is 0 Å². The molecule has 2 rings (SSSR count). The van der Waals surface area contributed by atoms with Crippen molar-refractivity contribution in [3.63, 3.8) is 0 Å². The number of hydrogen-bond donors (Lipinski definition) is 1. The van der Waals surface area contributed by atoms with Gasteiger partial charge in [-0.15, -0.1) is 0 Å². The first-order valence-corrected chi connectivity index (χ1v) is 5.40. The second kappa shape index (κ2) is 3.47. The molecule has 0 radical (unpaired) electrons. The summed E-state index contributed by atoms with van der Waals surface area (Å²) in [6.07, 6.45) is 0.902. The predicted octanol–water partition coefficient (Wildman–Crippen LogP) is 2.90. The lowest BCUT2D eigenvalue weighted by Crippen LogP contribution is -2.26. The first kappa shape index (κ1) is 10.9. The average molecular weight is 221 g/mol. The van der Waals surface area contributed by atoms with Crippen LogP contribution in [0.4, 0.5) is 10.3 Å². The van der Waals surface area contributed by atoms with Gasteiger partial charge in [0.15, 0.2) is 5.82 Å². The van der Waals surface area contributed by atoms with Crippen LogP contribution in [0.3, 0.4) is 0 Å². The van der Waals surface area contributed by atoms with Gasteiger partial charge in [-0.1, -0.05) is 13.0 Å². The van der Waals surface area contributed by atoms with Gasteiger partial charge in [-0.05, 0) is 32.4 Å². The lowest BCUT2D eigenvalue weighted by Gasteiger charge is -2.26. The molecule has 2 N–H and O–H groups in total. The summed E-state index contributed by atoms with van der Waals surface area (Å²) in [5.74, 6) is 0.0433. The van der Waals surface area contributed by atoms with Crippen molar-refractivity contribution < 1.29 is 4.39 Å². The minimum absolute atomic E-state index is 0.160. The van der Waals surface area contributed by atoms with Gasteiger partial charge in [0, 0.05) is 5.54 Å². The number of halogens is 1. The molecule has 0 aliphatic rings. The van der Waals surface area contributed by atoms with Crippen molar-refractivity contribution >= 4 is 17.0 Å². The van der Waals surface area contributed by atoms with E-state index in [0.717, 1.165) is 11.9 Å². The van der Waals surface area contributed by atoms with E-state index in [-0.39, 0.29) is 11.4 Å². The smallest absolute Gasteiger partial charge is 0.201 e. The van der Waals surface area contributed by atoms with Crippen molar-refractivity contribution in [2.75, 3.05) is 5.73 Å². The number of fused-ring (bicyclic) bond motifs is 1. The zero-order valence-corrected chi connectivity index (χ0v) is 9.79. The molecule has 4 heteroatoms. The van der Waals surface area contributed by atoms with Crippen molar-refractivity contribution in [3.05, 3.63) is 24.0 Å². The second-order valence-electron chi connectivity index (χ2n) is 4.58. The van der Waals surface area contributed by atoms with E-state index in [9.17, 15) is 4.39 Å². The highest BCUT2D eigenvalue weighted by Gasteiger charge is 2.24. The number of nitrogen functional groups attached to an aromatic ring is 1. The monoisotopic (exact) mass is 221 g/mol. The number of imidazole rings is 1. The zero-order valence-electron chi connectivity index (χ0n) is 9.79. The van der Waals surface area contributed by atoms with Crippen LogP contribution < -0.4 is 5.73 Å². The molecule has 0 aliphatic carbocycles. The maximum atomic E-state index is 13.5. The largest absolute Gasteiger partial charge is 0.369 e. The lowest BCUT2D eigenvalue weighted by molar-refractivity contribution is 0.357. The first-order valence-electron chi connectivity index (χ1n) is 5.40. The topological polar surface area (TPSA) is 43.8 Å². The summed E-state index contributed by atoms with van der Waals surface area (Å²) in [6, 6.07) is 4.93. The molecule has 0 atom stereocenters. The normalized spacial score (nSPS) is 12.2. The van der Waals surface area contributed by atoms with Crippen LogP contribution in [0.2, 0.25) is 0 Å². The third-order valence-corrected chi connectivity index (χ3v) is 3.13. The van der Waals surface area contributed by atoms with Gasteiger partial charge in [0.05, 0.1) is 5.52 Å². The maximum absolute atomic E-state index is 13.5. The quantitative estimate of drug-likeness (QED) is 0.847. The van der Waals surface area contributed by atoms with E-state index in [1.54, 1.807) is 6.07 Å². The molecule has 0 saturated heterocycles. The van der Waals surface area contributed by atoms with E-state index in [1.165, 1.54) is 6.07 Å². The van der Waals surface area contributed by atoms with E-state index in [0.29, 0.717) is 11.5 Å². The van der Waals surface area contributed by atoms with Crippen LogP contribution in [0.25, 0.3) is 11.0 Å². The van der Waals surface area contributed by atoms with E-state index in [2.05, 4.69) is 25.8 Å². The van der Waals surface area contributed by atoms with Crippen LogP contribution in [-0.2, 0) is 5.54 Å². The number of benzene rings is 1. The summed E-state index contributed by atoms with van der Waals surface area (Å²) in [7, 11) is 0. The fourth-order valence-electron chi connectivity index (χ4n) is 1.88. The maximum Gasteiger partial charge on any atom is 0.201 e. The Morgan fingerprint density at radius 1 is 1.44 bits per heavy atom. The van der Waals surface area contributed by atoms with Crippen LogP contribution in [0, 0.1) is 5.82 Å². The molecule has 86 valence electrons. The molecule has 1 aromatic heterocycles. The second-order valence-corrected chi connectivity index (χ2v) is 4.58. The summed E-state index contributed by atoms with van der Waals surface area (Å²) in [5.41, 5.74) is 6.81. The van der Waals surface area contributed by atoms with Crippen molar-refractivity contribution in [3.8, 4) is 0 Å². The lowest BCUT2D eigenvalue weighted by atomic mass is 10.0. The van der Waals surface area contributed by atoms with Crippen LogP contribution in [-0.4, -0.2) is 9.55 Å². The Morgan fingerprint density at radius 2 is 2.12 bits per heavy atom. The number of rotatable bonds is 2. The summed E-state index contributed by atoms with van der Waals surface area (Å²) in [6.45, 7) is 6.20. The number of hydrogen-bond acceptors (Lipinski definition) is 2. The van der Waals surface area contributed by atoms with E-state index < -0.39 is 0 Å². The third kappa shape index (κ3) is 1.45. The van der Waals surface area contributed by atoms with Crippen LogP contribution in [0.1, 0.15) is 27.2 Å². The van der Waals surface area contributed by atoms with E-state index >= 15 is 0 Å². The number of para-hydroxylation sites is 1. The Balaban J connectivity index is 2.80. The molecule has 0 fully saturated rings. The standard InChI is InChI=1S/C12H16FN3/c1-4-12(2,3)16-9-7-5-6-8(13)10(9)15-11(16)14/h5-7H,4H2,1-3H3,(H2,14,15). The minimum Gasteiger partial charge on any atom is -0.369 e. The molecule has 1 aromatic carbocycles. The molecular weight excluding hydrogens is 205 g/mol. The Hall–Kier alpha value is -1.58. The zero-order chi connectivity index (χ0) is 11.9. The van der Waals surface area contributed by atoms with Gasteiger partial charge in [0.25, 0.3) is 0 Å². The number of aromatic nitrogens is 2. The van der Waals surface area contributed by atoms with Gasteiger partial charge in [-0.25, -0.2) is 9.37 Å². The summed E-state index contributed by atoms with van der Waals surface area (Å²) >= 11 is 0. The third-order valence-electron chi connectivity index (χ3n) is 3.13. The van der Waals surface area contributed by atoms with Crippen molar-refractivity contribution in [1.29, 1.82) is 0 Å². The predicted molar refractivity (Wildman–Crippen MR) is 63.7 cm³/mol. The Kier molecular flexibility index (Phi) is 2.37. The fraction of sp³-hybridized carbons (Fsp3) is 0.417. The molecule has 0 unspecified atom stereocenters. The summed E-state index contributed by atoms with van der Waals surface area (Å²) < 4.78 is 15.4. The summed E-state index contributed by atoms with van der Waals surface area (Å²) in [4.78, 5) is 4.09. The molecule has 2 aromatic rings. The highest BCUT2D eigenvalue weighted by molar-refractivity contribution is 5.79. The Labute approximate surface area is 94.1 Å². The SMILES string of the molecule is CCC(C)(C)n1c(N)nc2c(F)cccc21.